The molecule has 33 heavy (non-hydrogen) atoms. The summed E-state index contributed by atoms with van der Waals surface area (Å²) in [4.78, 5) is 25.3. The number of hydrazone groups is 1. The van der Waals surface area contributed by atoms with Gasteiger partial charge in [0, 0.05) is 5.56 Å². The van der Waals surface area contributed by atoms with Gasteiger partial charge >= 0.3 is 0 Å². The van der Waals surface area contributed by atoms with Crippen LogP contribution in [0.25, 0.3) is 6.08 Å². The molecule has 7 heteroatoms. The fourth-order valence-electron chi connectivity index (χ4n) is 3.00. The van der Waals surface area contributed by atoms with Gasteiger partial charge in [-0.3, -0.25) is 9.59 Å². The molecule has 2 N–H and O–H groups in total. The maximum absolute atomic E-state index is 12.7. The van der Waals surface area contributed by atoms with Crippen LogP contribution >= 0.6 is 0 Å². The van der Waals surface area contributed by atoms with E-state index in [1.54, 1.807) is 48.5 Å². The molecule has 7 nitrogen and oxygen atoms in total. The molecular formula is C26H21N3O4. The Morgan fingerprint density at radius 3 is 2.36 bits per heavy atom. The summed E-state index contributed by atoms with van der Waals surface area (Å²) in [6.07, 6.45) is 6.53. The molecule has 0 aliphatic carbocycles. The largest absolute Gasteiger partial charge is 0.454 e. The number of benzene rings is 3. The molecule has 1 aliphatic rings. The fraction of sp³-hybridized carbons (Fsp3) is 0.0385. The Labute approximate surface area is 191 Å². The second-order valence-corrected chi connectivity index (χ2v) is 6.98. The van der Waals surface area contributed by atoms with Gasteiger partial charge in [0.05, 0.1) is 6.21 Å². The second-order valence-electron chi connectivity index (χ2n) is 6.98. The van der Waals surface area contributed by atoms with Crippen LogP contribution in [0.5, 0.6) is 11.5 Å². The summed E-state index contributed by atoms with van der Waals surface area (Å²) in [6.45, 7) is 0.179. The summed E-state index contributed by atoms with van der Waals surface area (Å²) in [5.41, 5.74) is 4.62. The maximum Gasteiger partial charge on any atom is 0.287 e. The van der Waals surface area contributed by atoms with Crippen LogP contribution in [0.2, 0.25) is 0 Å². The zero-order valence-corrected chi connectivity index (χ0v) is 17.6. The molecule has 0 unspecified atom stereocenters. The highest BCUT2D eigenvalue weighted by molar-refractivity contribution is 6.03. The molecular weight excluding hydrogens is 418 g/mol. The van der Waals surface area contributed by atoms with Crippen LogP contribution in [-0.2, 0) is 4.79 Å². The van der Waals surface area contributed by atoms with Gasteiger partial charge in [0.1, 0.15) is 5.70 Å². The first-order valence-corrected chi connectivity index (χ1v) is 10.2. The number of nitrogens with zero attached hydrogens (tertiary/aromatic N) is 1. The van der Waals surface area contributed by atoms with E-state index in [1.165, 1.54) is 12.3 Å². The number of ether oxygens (including phenoxy) is 2. The molecule has 3 aromatic carbocycles. The van der Waals surface area contributed by atoms with E-state index in [-0.39, 0.29) is 12.5 Å². The summed E-state index contributed by atoms with van der Waals surface area (Å²) in [7, 11) is 0. The first kappa shape index (κ1) is 21.6. The number of carbonyl (C=O) groups is 2. The summed E-state index contributed by atoms with van der Waals surface area (Å²) >= 11 is 0. The summed E-state index contributed by atoms with van der Waals surface area (Å²) in [5, 5.41) is 6.65. The van der Waals surface area contributed by atoms with Crippen LogP contribution in [0.1, 0.15) is 21.5 Å². The van der Waals surface area contributed by atoms with Crippen molar-refractivity contribution >= 4 is 24.1 Å². The van der Waals surface area contributed by atoms with Crippen molar-refractivity contribution in [1.29, 1.82) is 0 Å². The quantitative estimate of drug-likeness (QED) is 0.253. The molecule has 1 aliphatic heterocycles. The van der Waals surface area contributed by atoms with Crippen molar-refractivity contribution in [2.45, 2.75) is 0 Å². The minimum atomic E-state index is -0.561. The Hall–Kier alpha value is -4.65. The molecule has 4 rings (SSSR count). The molecule has 0 fully saturated rings. The number of allylic oxidation sites excluding steroid dienone is 2. The molecule has 3 aromatic rings. The Kier molecular flexibility index (Phi) is 6.92. The SMILES string of the molecule is O=C(NN=Cc1ccc2c(c1)OCO2)C(=CC=Cc1ccccc1)NC(=O)c1ccccc1. The third-order valence-corrected chi connectivity index (χ3v) is 4.66. The molecule has 0 atom stereocenters. The zero-order chi connectivity index (χ0) is 22.9. The molecule has 2 amide bonds. The second kappa shape index (κ2) is 10.6. The minimum absolute atomic E-state index is 0.0545. The van der Waals surface area contributed by atoms with Crippen molar-refractivity contribution in [2.75, 3.05) is 6.79 Å². The van der Waals surface area contributed by atoms with Crippen molar-refractivity contribution in [3.63, 3.8) is 0 Å². The lowest BCUT2D eigenvalue weighted by Gasteiger charge is -2.08. The maximum atomic E-state index is 12.7. The van der Waals surface area contributed by atoms with Crippen LogP contribution in [0.15, 0.2) is 102 Å². The number of amides is 2. The lowest BCUT2D eigenvalue weighted by atomic mass is 10.2. The number of hydrogen-bond donors (Lipinski definition) is 2. The van der Waals surface area contributed by atoms with Gasteiger partial charge in [0.25, 0.3) is 11.8 Å². The van der Waals surface area contributed by atoms with Crippen molar-refractivity contribution < 1.29 is 19.1 Å². The van der Waals surface area contributed by atoms with Crippen molar-refractivity contribution in [3.8, 4) is 11.5 Å². The third kappa shape index (κ3) is 5.95. The van der Waals surface area contributed by atoms with E-state index in [1.807, 2.05) is 42.5 Å². The Bertz CT molecular complexity index is 1220. The predicted molar refractivity (Wildman–Crippen MR) is 126 cm³/mol. The van der Waals surface area contributed by atoms with Gasteiger partial charge in [-0.2, -0.15) is 5.10 Å². The first-order valence-electron chi connectivity index (χ1n) is 10.2. The predicted octanol–water partition coefficient (Wildman–Crippen LogP) is 3.89. The molecule has 164 valence electrons. The molecule has 0 saturated heterocycles. The highest BCUT2D eigenvalue weighted by Gasteiger charge is 2.14. The van der Waals surface area contributed by atoms with Gasteiger partial charge in [-0.25, -0.2) is 5.43 Å². The van der Waals surface area contributed by atoms with E-state index in [9.17, 15) is 9.59 Å². The van der Waals surface area contributed by atoms with Gasteiger partial charge in [-0.15, -0.1) is 0 Å². The lowest BCUT2D eigenvalue weighted by Crippen LogP contribution is -2.32. The van der Waals surface area contributed by atoms with Crippen LogP contribution in [0.4, 0.5) is 0 Å². The van der Waals surface area contributed by atoms with Gasteiger partial charge in [0.2, 0.25) is 6.79 Å². The number of rotatable bonds is 7. The average molecular weight is 439 g/mol. The highest BCUT2D eigenvalue weighted by atomic mass is 16.7. The minimum Gasteiger partial charge on any atom is -0.454 e. The number of hydrogen-bond acceptors (Lipinski definition) is 5. The Morgan fingerprint density at radius 2 is 1.58 bits per heavy atom. The summed E-state index contributed by atoms with van der Waals surface area (Å²) < 4.78 is 10.6. The molecule has 0 radical (unpaired) electrons. The topological polar surface area (TPSA) is 89.0 Å². The van der Waals surface area contributed by atoms with E-state index in [0.29, 0.717) is 17.1 Å². The average Bonchev–Trinajstić information content (AvgIpc) is 3.32. The molecule has 0 spiro atoms. The Morgan fingerprint density at radius 1 is 0.848 bits per heavy atom. The lowest BCUT2D eigenvalue weighted by molar-refractivity contribution is -0.117. The zero-order valence-electron chi connectivity index (χ0n) is 17.6. The molecule has 0 bridgehead atoms. The van der Waals surface area contributed by atoms with E-state index >= 15 is 0 Å². The molecule has 0 saturated carbocycles. The highest BCUT2D eigenvalue weighted by Crippen LogP contribution is 2.31. The summed E-state index contributed by atoms with van der Waals surface area (Å²) in [5.74, 6) is 0.320. The number of nitrogens with one attached hydrogen (secondary N) is 2. The van der Waals surface area contributed by atoms with Gasteiger partial charge in [-0.05, 0) is 47.5 Å². The van der Waals surface area contributed by atoms with Crippen LogP contribution in [-0.4, -0.2) is 24.8 Å². The normalized spacial score (nSPS) is 12.8. The molecule has 0 aromatic heterocycles. The van der Waals surface area contributed by atoms with Gasteiger partial charge in [0.15, 0.2) is 11.5 Å². The smallest absolute Gasteiger partial charge is 0.287 e. The first-order chi connectivity index (χ1) is 16.2. The standard InChI is InChI=1S/C26H21N3O4/c30-25(21-11-5-2-6-12-21)28-22(13-7-10-19-8-3-1-4-9-19)26(31)29-27-17-20-14-15-23-24(16-20)33-18-32-23/h1-17H,18H2,(H,28,30)(H,29,31). The van der Waals surface area contributed by atoms with E-state index in [2.05, 4.69) is 15.8 Å². The van der Waals surface area contributed by atoms with Crippen molar-refractivity contribution in [1.82, 2.24) is 10.7 Å². The van der Waals surface area contributed by atoms with Crippen molar-refractivity contribution in [3.05, 3.63) is 113 Å². The van der Waals surface area contributed by atoms with Crippen LogP contribution in [0, 0.1) is 0 Å². The summed E-state index contributed by atoms with van der Waals surface area (Å²) in [6, 6.07) is 23.6. The van der Waals surface area contributed by atoms with E-state index < -0.39 is 11.8 Å². The van der Waals surface area contributed by atoms with Gasteiger partial charge < -0.3 is 14.8 Å². The van der Waals surface area contributed by atoms with E-state index in [4.69, 9.17) is 9.47 Å². The fourth-order valence-corrected chi connectivity index (χ4v) is 3.00. The van der Waals surface area contributed by atoms with Crippen LogP contribution in [0.3, 0.4) is 0 Å². The van der Waals surface area contributed by atoms with Crippen LogP contribution < -0.4 is 20.2 Å². The van der Waals surface area contributed by atoms with Gasteiger partial charge in [-0.1, -0.05) is 60.7 Å². The van der Waals surface area contributed by atoms with E-state index in [0.717, 1.165) is 11.1 Å². The third-order valence-electron chi connectivity index (χ3n) is 4.66. The number of carbonyl (C=O) groups excluding carboxylic acids is 2. The monoisotopic (exact) mass is 439 g/mol. The molecule has 1 heterocycles. The van der Waals surface area contributed by atoms with Crippen molar-refractivity contribution in [2.24, 2.45) is 5.10 Å². The Balaban J connectivity index is 1.47. The number of fused-ring (bicyclic) bond motifs is 1.